The minimum absolute atomic E-state index is 0.0755. The van der Waals surface area contributed by atoms with Gasteiger partial charge in [-0.15, -0.1) is 0 Å². The van der Waals surface area contributed by atoms with Crippen LogP contribution >= 0.6 is 0 Å². The van der Waals surface area contributed by atoms with Crippen molar-refractivity contribution in [1.29, 1.82) is 0 Å². The summed E-state index contributed by atoms with van der Waals surface area (Å²) in [6.07, 6.45) is 0. The van der Waals surface area contributed by atoms with E-state index in [2.05, 4.69) is 0 Å². The molecule has 0 bridgehead atoms. The Balaban J connectivity index is 2.67. The average molecular weight is 216 g/mol. The van der Waals surface area contributed by atoms with Crippen LogP contribution < -0.4 is 0 Å². The Morgan fingerprint density at radius 2 is 1.56 bits per heavy atom. The molecule has 3 N–H and O–H groups in total. The van der Waals surface area contributed by atoms with Crippen molar-refractivity contribution in [3.8, 4) is 28.4 Å². The highest BCUT2D eigenvalue weighted by atomic mass is 16.3. The lowest BCUT2D eigenvalue weighted by atomic mass is 9.99. The van der Waals surface area contributed by atoms with Gasteiger partial charge in [0.05, 0.1) is 0 Å². The second-order valence-electron chi connectivity index (χ2n) is 3.65. The molecule has 2 rings (SSSR count). The second kappa shape index (κ2) is 3.77. The molecule has 0 aliphatic rings. The molecular weight excluding hydrogens is 204 g/mol. The first kappa shape index (κ1) is 10.4. The molecule has 2 aromatic carbocycles. The predicted octanol–water partition coefficient (Wildman–Crippen LogP) is 2.78. The van der Waals surface area contributed by atoms with Gasteiger partial charge in [-0.2, -0.15) is 0 Å². The SMILES string of the molecule is Cc1c(O)cccc1-c1cc(O)ccc1O. The van der Waals surface area contributed by atoms with E-state index in [1.54, 1.807) is 25.1 Å². The molecule has 0 heterocycles. The van der Waals surface area contributed by atoms with Crippen LogP contribution in [0.2, 0.25) is 0 Å². The van der Waals surface area contributed by atoms with Crippen LogP contribution in [0.1, 0.15) is 5.56 Å². The highest BCUT2D eigenvalue weighted by Gasteiger charge is 2.10. The van der Waals surface area contributed by atoms with Crippen molar-refractivity contribution in [1.82, 2.24) is 0 Å². The van der Waals surface area contributed by atoms with Crippen molar-refractivity contribution >= 4 is 0 Å². The third kappa shape index (κ3) is 1.67. The highest BCUT2D eigenvalue weighted by Crippen LogP contribution is 2.36. The van der Waals surface area contributed by atoms with Gasteiger partial charge in [-0.1, -0.05) is 12.1 Å². The van der Waals surface area contributed by atoms with Crippen LogP contribution in [0.25, 0.3) is 11.1 Å². The van der Waals surface area contributed by atoms with Gasteiger partial charge in [0, 0.05) is 5.56 Å². The number of aromatic hydroxyl groups is 3. The molecule has 0 saturated carbocycles. The highest BCUT2D eigenvalue weighted by molar-refractivity contribution is 5.75. The lowest BCUT2D eigenvalue weighted by Crippen LogP contribution is -1.84. The van der Waals surface area contributed by atoms with Gasteiger partial charge in [-0.05, 0) is 42.3 Å². The van der Waals surface area contributed by atoms with E-state index in [0.29, 0.717) is 16.7 Å². The Labute approximate surface area is 93.2 Å². The predicted molar refractivity (Wildman–Crippen MR) is 61.6 cm³/mol. The fourth-order valence-corrected chi connectivity index (χ4v) is 1.66. The quantitative estimate of drug-likeness (QED) is 0.642. The summed E-state index contributed by atoms with van der Waals surface area (Å²) < 4.78 is 0. The molecule has 16 heavy (non-hydrogen) atoms. The summed E-state index contributed by atoms with van der Waals surface area (Å²) in [7, 11) is 0. The number of phenols is 3. The number of hydrogen-bond donors (Lipinski definition) is 3. The largest absolute Gasteiger partial charge is 0.508 e. The maximum atomic E-state index is 9.71. The molecule has 0 atom stereocenters. The molecule has 2 aromatic rings. The topological polar surface area (TPSA) is 60.7 Å². The van der Waals surface area contributed by atoms with Crippen LogP contribution in [0, 0.1) is 6.92 Å². The summed E-state index contributed by atoms with van der Waals surface area (Å²) in [5, 5.41) is 28.7. The summed E-state index contributed by atoms with van der Waals surface area (Å²) in [4.78, 5) is 0. The van der Waals surface area contributed by atoms with Gasteiger partial charge in [0.2, 0.25) is 0 Å². The van der Waals surface area contributed by atoms with E-state index in [-0.39, 0.29) is 17.2 Å². The summed E-state index contributed by atoms with van der Waals surface area (Å²) in [5.41, 5.74) is 1.88. The average Bonchev–Trinajstić information content (AvgIpc) is 2.26. The Morgan fingerprint density at radius 1 is 0.812 bits per heavy atom. The van der Waals surface area contributed by atoms with Gasteiger partial charge in [0.15, 0.2) is 0 Å². The van der Waals surface area contributed by atoms with E-state index in [1.165, 1.54) is 18.2 Å². The Bertz CT molecular complexity index is 533. The summed E-state index contributed by atoms with van der Waals surface area (Å²) in [5.74, 6) is 0.322. The molecule has 3 nitrogen and oxygen atoms in total. The van der Waals surface area contributed by atoms with Crippen molar-refractivity contribution < 1.29 is 15.3 Å². The van der Waals surface area contributed by atoms with E-state index in [0.717, 1.165) is 0 Å². The Morgan fingerprint density at radius 3 is 2.31 bits per heavy atom. The third-order valence-corrected chi connectivity index (χ3v) is 2.58. The molecule has 82 valence electrons. The summed E-state index contributed by atoms with van der Waals surface area (Å²) >= 11 is 0. The van der Waals surface area contributed by atoms with E-state index >= 15 is 0 Å². The molecule has 0 radical (unpaired) electrons. The zero-order chi connectivity index (χ0) is 11.7. The Kier molecular flexibility index (Phi) is 2.44. The number of phenolic OH excluding ortho intramolecular Hbond substituents is 3. The second-order valence-corrected chi connectivity index (χ2v) is 3.65. The Hall–Kier alpha value is -2.16. The molecule has 0 aliphatic carbocycles. The minimum atomic E-state index is 0.0755. The van der Waals surface area contributed by atoms with Gasteiger partial charge in [-0.3, -0.25) is 0 Å². The minimum Gasteiger partial charge on any atom is -0.508 e. The number of benzene rings is 2. The van der Waals surface area contributed by atoms with Crippen LogP contribution in [-0.2, 0) is 0 Å². The normalized spacial score (nSPS) is 10.3. The zero-order valence-corrected chi connectivity index (χ0v) is 8.81. The van der Waals surface area contributed by atoms with Crippen LogP contribution in [-0.4, -0.2) is 15.3 Å². The lowest BCUT2D eigenvalue weighted by Gasteiger charge is -2.09. The fraction of sp³-hybridized carbons (Fsp3) is 0.0769. The van der Waals surface area contributed by atoms with Gasteiger partial charge < -0.3 is 15.3 Å². The fourth-order valence-electron chi connectivity index (χ4n) is 1.66. The molecule has 0 saturated heterocycles. The maximum Gasteiger partial charge on any atom is 0.123 e. The van der Waals surface area contributed by atoms with E-state index in [9.17, 15) is 15.3 Å². The third-order valence-electron chi connectivity index (χ3n) is 2.58. The monoisotopic (exact) mass is 216 g/mol. The van der Waals surface area contributed by atoms with Crippen LogP contribution in [0.3, 0.4) is 0 Å². The van der Waals surface area contributed by atoms with Crippen molar-refractivity contribution in [3.63, 3.8) is 0 Å². The number of rotatable bonds is 1. The van der Waals surface area contributed by atoms with Crippen molar-refractivity contribution in [2.75, 3.05) is 0 Å². The van der Waals surface area contributed by atoms with E-state index < -0.39 is 0 Å². The van der Waals surface area contributed by atoms with Gasteiger partial charge in [0.25, 0.3) is 0 Å². The molecule has 0 aliphatic heterocycles. The number of hydrogen-bond acceptors (Lipinski definition) is 3. The molecule has 0 aromatic heterocycles. The molecule has 0 unspecified atom stereocenters. The molecule has 0 amide bonds. The van der Waals surface area contributed by atoms with Crippen molar-refractivity contribution in [2.24, 2.45) is 0 Å². The van der Waals surface area contributed by atoms with Gasteiger partial charge >= 0.3 is 0 Å². The molecule has 0 spiro atoms. The first-order valence-corrected chi connectivity index (χ1v) is 4.90. The molecule has 3 heteroatoms. The summed E-state index contributed by atoms with van der Waals surface area (Å²) in [6, 6.07) is 9.37. The first-order valence-electron chi connectivity index (χ1n) is 4.90. The first-order chi connectivity index (χ1) is 7.59. The zero-order valence-electron chi connectivity index (χ0n) is 8.81. The van der Waals surface area contributed by atoms with Crippen LogP contribution in [0.5, 0.6) is 17.2 Å². The molecule has 0 fully saturated rings. The molecular formula is C13H12O3. The van der Waals surface area contributed by atoms with Gasteiger partial charge in [-0.25, -0.2) is 0 Å². The van der Waals surface area contributed by atoms with Crippen LogP contribution in [0.15, 0.2) is 36.4 Å². The van der Waals surface area contributed by atoms with E-state index in [1.807, 2.05) is 0 Å². The lowest BCUT2D eigenvalue weighted by molar-refractivity contribution is 0.461. The van der Waals surface area contributed by atoms with Crippen molar-refractivity contribution in [3.05, 3.63) is 42.0 Å². The van der Waals surface area contributed by atoms with E-state index in [4.69, 9.17) is 0 Å². The smallest absolute Gasteiger partial charge is 0.123 e. The standard InChI is InChI=1S/C13H12O3/c1-8-10(3-2-4-12(8)15)11-7-9(14)5-6-13(11)16/h2-7,14-16H,1H3. The maximum absolute atomic E-state index is 9.71. The summed E-state index contributed by atoms with van der Waals surface area (Å²) in [6.45, 7) is 1.76. The van der Waals surface area contributed by atoms with Crippen molar-refractivity contribution in [2.45, 2.75) is 6.92 Å². The van der Waals surface area contributed by atoms with Crippen LogP contribution in [0.4, 0.5) is 0 Å². The van der Waals surface area contributed by atoms with Gasteiger partial charge in [0.1, 0.15) is 17.2 Å².